The molecule has 0 radical (unpaired) electrons. The molecule has 4 rings (SSSR count). The van der Waals surface area contributed by atoms with Crippen LogP contribution < -0.4 is 16.0 Å². The van der Waals surface area contributed by atoms with Crippen LogP contribution in [-0.2, 0) is 14.3 Å². The van der Waals surface area contributed by atoms with Gasteiger partial charge in [0.1, 0.15) is 11.6 Å². The first-order valence-electron chi connectivity index (χ1n) is 10.9. The molecule has 3 N–H and O–H groups in total. The third kappa shape index (κ3) is 5.38. The fraction of sp³-hybridized carbons (Fsp3) is 0.478. The highest BCUT2D eigenvalue weighted by Crippen LogP contribution is 2.32. The lowest BCUT2D eigenvalue weighted by molar-refractivity contribution is -0.122. The molecule has 0 bridgehead atoms. The second-order valence-corrected chi connectivity index (χ2v) is 8.62. The number of nitrogens with zero attached hydrogens (tertiary/aromatic N) is 1. The minimum absolute atomic E-state index is 0.166. The van der Waals surface area contributed by atoms with Gasteiger partial charge in [-0.05, 0) is 42.5 Å². The number of ether oxygens (including phenoxy) is 2. The second-order valence-electron chi connectivity index (χ2n) is 8.21. The van der Waals surface area contributed by atoms with Gasteiger partial charge in [-0.1, -0.05) is 17.7 Å². The molecule has 0 saturated carbocycles. The van der Waals surface area contributed by atoms with Crippen LogP contribution in [0.1, 0.15) is 12.8 Å². The maximum absolute atomic E-state index is 14.4. The Labute approximate surface area is 192 Å². The molecule has 32 heavy (non-hydrogen) atoms. The predicted molar refractivity (Wildman–Crippen MR) is 122 cm³/mol. The normalized spacial score (nSPS) is 21.5. The Hall–Kier alpha value is -2.26. The zero-order chi connectivity index (χ0) is 22.5. The number of hydrogen-bond acceptors (Lipinski definition) is 6. The van der Waals surface area contributed by atoms with E-state index in [0.29, 0.717) is 47.6 Å². The van der Waals surface area contributed by atoms with E-state index in [1.54, 1.807) is 25.3 Å². The average molecular weight is 463 g/mol. The summed E-state index contributed by atoms with van der Waals surface area (Å²) in [5, 5.41) is 9.65. The van der Waals surface area contributed by atoms with Crippen LogP contribution in [0.15, 0.2) is 30.5 Å². The highest BCUT2D eigenvalue weighted by molar-refractivity contribution is 6.33. The maximum Gasteiger partial charge on any atom is 0.232 e. The van der Waals surface area contributed by atoms with Crippen LogP contribution >= 0.6 is 11.6 Å². The van der Waals surface area contributed by atoms with E-state index in [-0.39, 0.29) is 23.7 Å². The number of anilines is 2. The number of hydrogen-bond donors (Lipinski definition) is 3. The molecule has 0 unspecified atom stereocenters. The highest BCUT2D eigenvalue weighted by atomic mass is 35.5. The summed E-state index contributed by atoms with van der Waals surface area (Å²) < 4.78 is 25.2. The number of methoxy groups -OCH3 is 1. The third-order valence-electron chi connectivity index (χ3n) is 6.10. The number of rotatable bonds is 7. The zero-order valence-corrected chi connectivity index (χ0v) is 18.8. The van der Waals surface area contributed by atoms with Crippen molar-refractivity contribution in [1.82, 2.24) is 10.3 Å². The van der Waals surface area contributed by atoms with Crippen LogP contribution in [0.3, 0.4) is 0 Å². The summed E-state index contributed by atoms with van der Waals surface area (Å²) in [6.07, 6.45) is 3.25. The van der Waals surface area contributed by atoms with E-state index in [2.05, 4.69) is 20.9 Å². The number of halogens is 2. The number of carbonyl (C=O) groups excluding carboxylic acids is 1. The quantitative estimate of drug-likeness (QED) is 0.583. The first-order valence-corrected chi connectivity index (χ1v) is 11.2. The number of carbonyl (C=O) groups is 1. The topological polar surface area (TPSA) is 84.5 Å². The molecule has 2 fully saturated rings. The van der Waals surface area contributed by atoms with Gasteiger partial charge in [0.05, 0.1) is 22.7 Å². The number of aromatic nitrogens is 1. The van der Waals surface area contributed by atoms with Gasteiger partial charge < -0.3 is 25.4 Å². The number of pyridine rings is 1. The monoisotopic (exact) mass is 462 g/mol. The Kier molecular flexibility index (Phi) is 7.57. The number of benzene rings is 1. The Bertz CT molecular complexity index is 955. The summed E-state index contributed by atoms with van der Waals surface area (Å²) in [5.74, 6) is 0.0588. The standard InChI is InChI=1S/C23H28ClFN4O3/c1-31-21-13-26-11-17(21)23(30)29-22-9-16(18(24)12-28-22)15-2-3-19(25)20(8-15)27-10-14-4-6-32-7-5-14/h2-3,8-9,12,14,17,21,26-27H,4-7,10-11,13H2,1H3,(H,28,29,30)/t17-,21-/m0/s1. The lowest BCUT2D eigenvalue weighted by Crippen LogP contribution is -2.33. The molecule has 2 aromatic rings. The summed E-state index contributed by atoms with van der Waals surface area (Å²) in [4.78, 5) is 16.9. The lowest BCUT2D eigenvalue weighted by Gasteiger charge is -2.23. The summed E-state index contributed by atoms with van der Waals surface area (Å²) in [5.41, 5.74) is 1.83. The first kappa shape index (κ1) is 22.9. The molecule has 7 nitrogen and oxygen atoms in total. The van der Waals surface area contributed by atoms with Crippen LogP contribution in [0.25, 0.3) is 11.1 Å². The van der Waals surface area contributed by atoms with Crippen molar-refractivity contribution in [3.05, 3.63) is 41.3 Å². The van der Waals surface area contributed by atoms with E-state index in [9.17, 15) is 9.18 Å². The summed E-state index contributed by atoms with van der Waals surface area (Å²) >= 11 is 6.40. The van der Waals surface area contributed by atoms with Gasteiger partial charge in [-0.3, -0.25) is 4.79 Å². The molecule has 1 amide bonds. The van der Waals surface area contributed by atoms with Crippen molar-refractivity contribution in [2.75, 3.05) is 50.6 Å². The summed E-state index contributed by atoms with van der Waals surface area (Å²) in [6.45, 7) is 3.36. The highest BCUT2D eigenvalue weighted by Gasteiger charge is 2.33. The Balaban J connectivity index is 1.49. The van der Waals surface area contributed by atoms with Gasteiger partial charge in [0.15, 0.2) is 0 Å². The zero-order valence-electron chi connectivity index (χ0n) is 18.0. The molecule has 1 aromatic carbocycles. The fourth-order valence-electron chi connectivity index (χ4n) is 4.14. The maximum atomic E-state index is 14.4. The molecule has 3 heterocycles. The van der Waals surface area contributed by atoms with Crippen LogP contribution in [0.4, 0.5) is 15.9 Å². The van der Waals surface area contributed by atoms with Crippen molar-refractivity contribution in [2.24, 2.45) is 11.8 Å². The lowest BCUT2D eigenvalue weighted by atomic mass is 10.00. The third-order valence-corrected chi connectivity index (χ3v) is 6.41. The van der Waals surface area contributed by atoms with E-state index in [1.807, 2.05) is 0 Å². The van der Waals surface area contributed by atoms with Gasteiger partial charge in [-0.2, -0.15) is 0 Å². The molecular formula is C23H28ClFN4O3. The molecule has 2 aliphatic heterocycles. The van der Waals surface area contributed by atoms with Crippen molar-refractivity contribution in [3.8, 4) is 11.1 Å². The van der Waals surface area contributed by atoms with Crippen molar-refractivity contribution >= 4 is 29.0 Å². The molecule has 2 saturated heterocycles. The van der Waals surface area contributed by atoms with E-state index in [0.717, 1.165) is 31.6 Å². The molecule has 1 aromatic heterocycles. The Morgan fingerprint density at radius 2 is 2.12 bits per heavy atom. The first-order chi connectivity index (χ1) is 15.5. The number of nitrogens with one attached hydrogen (secondary N) is 3. The van der Waals surface area contributed by atoms with E-state index in [4.69, 9.17) is 21.1 Å². The molecule has 2 aliphatic rings. The Morgan fingerprint density at radius 1 is 1.31 bits per heavy atom. The van der Waals surface area contributed by atoms with E-state index in [1.165, 1.54) is 12.3 Å². The van der Waals surface area contributed by atoms with Crippen LogP contribution in [0, 0.1) is 17.7 Å². The van der Waals surface area contributed by atoms with Gasteiger partial charge in [0, 0.05) is 51.7 Å². The Morgan fingerprint density at radius 3 is 2.91 bits per heavy atom. The largest absolute Gasteiger partial charge is 0.382 e. The van der Waals surface area contributed by atoms with E-state index >= 15 is 0 Å². The van der Waals surface area contributed by atoms with Crippen molar-refractivity contribution in [2.45, 2.75) is 18.9 Å². The van der Waals surface area contributed by atoms with E-state index < -0.39 is 0 Å². The van der Waals surface area contributed by atoms with Crippen molar-refractivity contribution in [3.63, 3.8) is 0 Å². The van der Waals surface area contributed by atoms with Gasteiger partial charge >= 0.3 is 0 Å². The predicted octanol–water partition coefficient (Wildman–Crippen LogP) is 3.55. The summed E-state index contributed by atoms with van der Waals surface area (Å²) in [7, 11) is 1.60. The SMILES string of the molecule is CO[C@H]1CNC[C@@H]1C(=O)Nc1cc(-c2ccc(F)c(NCC3CCOCC3)c2)c(Cl)cn1. The van der Waals surface area contributed by atoms with Crippen molar-refractivity contribution in [1.29, 1.82) is 0 Å². The molecule has 172 valence electrons. The molecule has 0 aliphatic carbocycles. The number of amides is 1. The minimum Gasteiger partial charge on any atom is -0.382 e. The van der Waals surface area contributed by atoms with Gasteiger partial charge in [0.2, 0.25) is 5.91 Å². The average Bonchev–Trinajstić information content (AvgIpc) is 3.30. The van der Waals surface area contributed by atoms with Crippen LogP contribution in [-0.4, -0.2) is 57.0 Å². The van der Waals surface area contributed by atoms with Crippen LogP contribution in [0.2, 0.25) is 5.02 Å². The summed E-state index contributed by atoms with van der Waals surface area (Å²) in [6, 6.07) is 6.54. The molecule has 2 atom stereocenters. The molecule has 9 heteroatoms. The fourth-order valence-corrected chi connectivity index (χ4v) is 4.36. The minimum atomic E-state index is -0.321. The van der Waals surface area contributed by atoms with Gasteiger partial charge in [-0.15, -0.1) is 0 Å². The van der Waals surface area contributed by atoms with Gasteiger partial charge in [0.25, 0.3) is 0 Å². The smallest absolute Gasteiger partial charge is 0.232 e. The van der Waals surface area contributed by atoms with Crippen LogP contribution in [0.5, 0.6) is 0 Å². The molecule has 0 spiro atoms. The van der Waals surface area contributed by atoms with Crippen molar-refractivity contribution < 1.29 is 18.7 Å². The molecular weight excluding hydrogens is 435 g/mol. The van der Waals surface area contributed by atoms with Gasteiger partial charge in [-0.25, -0.2) is 9.37 Å². The second kappa shape index (κ2) is 10.6.